The van der Waals surface area contributed by atoms with Gasteiger partial charge in [-0.25, -0.2) is 0 Å². The van der Waals surface area contributed by atoms with Crippen molar-refractivity contribution < 1.29 is 4.79 Å². The first kappa shape index (κ1) is 19.2. The van der Waals surface area contributed by atoms with Crippen LogP contribution >= 0.6 is 24.0 Å². The highest BCUT2D eigenvalue weighted by Crippen LogP contribution is 2.51. The lowest BCUT2D eigenvalue weighted by Crippen LogP contribution is -2.38. The molecule has 138 valence electrons. The van der Waals surface area contributed by atoms with E-state index in [2.05, 4.69) is 24.3 Å². The molecule has 1 saturated carbocycles. The summed E-state index contributed by atoms with van der Waals surface area (Å²) in [5, 5.41) is 0.709. The van der Waals surface area contributed by atoms with Gasteiger partial charge < -0.3 is 10.6 Å². The molecule has 1 aliphatic carbocycles. The van der Waals surface area contributed by atoms with E-state index < -0.39 is 0 Å². The number of amides is 1. The van der Waals surface area contributed by atoms with Crippen molar-refractivity contribution >= 4 is 29.9 Å². The van der Waals surface area contributed by atoms with E-state index in [1.807, 2.05) is 35.2 Å². The SMILES string of the molecule is Cl.NC[C@@H]1CN(C(=O)C2(c3ccc(Cl)cc3)CC2)C[C@H]1c1ccccc1. The lowest BCUT2D eigenvalue weighted by Gasteiger charge is -2.24. The minimum atomic E-state index is -0.338. The molecule has 0 radical (unpaired) electrons. The molecule has 0 unspecified atom stereocenters. The van der Waals surface area contributed by atoms with Crippen LogP contribution in [-0.2, 0) is 10.2 Å². The van der Waals surface area contributed by atoms with Crippen molar-refractivity contribution in [2.24, 2.45) is 11.7 Å². The maximum Gasteiger partial charge on any atom is 0.233 e. The fourth-order valence-corrected chi connectivity index (χ4v) is 4.30. The number of carbonyl (C=O) groups is 1. The largest absolute Gasteiger partial charge is 0.341 e. The minimum Gasteiger partial charge on any atom is -0.341 e. The van der Waals surface area contributed by atoms with Crippen molar-refractivity contribution in [3.8, 4) is 0 Å². The van der Waals surface area contributed by atoms with E-state index in [4.69, 9.17) is 17.3 Å². The molecule has 1 heterocycles. The van der Waals surface area contributed by atoms with E-state index in [0.717, 1.165) is 31.5 Å². The Labute approximate surface area is 165 Å². The topological polar surface area (TPSA) is 46.3 Å². The number of halogens is 2. The third kappa shape index (κ3) is 3.36. The molecular weight excluding hydrogens is 367 g/mol. The molecule has 0 aromatic heterocycles. The van der Waals surface area contributed by atoms with Gasteiger partial charge in [-0.2, -0.15) is 0 Å². The minimum absolute atomic E-state index is 0. The molecule has 26 heavy (non-hydrogen) atoms. The number of rotatable bonds is 4. The van der Waals surface area contributed by atoms with Crippen LogP contribution in [0.25, 0.3) is 0 Å². The maximum absolute atomic E-state index is 13.3. The third-order valence-electron chi connectivity index (χ3n) is 5.81. The Bertz CT molecular complexity index is 759. The zero-order valence-corrected chi connectivity index (χ0v) is 16.2. The number of likely N-dealkylation sites (tertiary alicyclic amines) is 1. The van der Waals surface area contributed by atoms with Crippen LogP contribution in [0.2, 0.25) is 5.02 Å². The van der Waals surface area contributed by atoms with Gasteiger partial charge >= 0.3 is 0 Å². The van der Waals surface area contributed by atoms with Gasteiger partial charge in [0.1, 0.15) is 0 Å². The fourth-order valence-electron chi connectivity index (χ4n) is 4.18. The second kappa shape index (κ2) is 7.59. The van der Waals surface area contributed by atoms with Crippen molar-refractivity contribution in [1.82, 2.24) is 4.90 Å². The summed E-state index contributed by atoms with van der Waals surface area (Å²) in [7, 11) is 0. The van der Waals surface area contributed by atoms with E-state index >= 15 is 0 Å². The molecule has 2 N–H and O–H groups in total. The zero-order valence-electron chi connectivity index (χ0n) is 14.6. The zero-order chi connectivity index (χ0) is 17.4. The van der Waals surface area contributed by atoms with Gasteiger partial charge in [0.25, 0.3) is 0 Å². The molecule has 0 spiro atoms. The molecule has 1 aliphatic heterocycles. The number of benzene rings is 2. The van der Waals surface area contributed by atoms with Gasteiger partial charge in [0.05, 0.1) is 5.41 Å². The fraction of sp³-hybridized carbons (Fsp3) is 0.381. The third-order valence-corrected chi connectivity index (χ3v) is 6.07. The van der Waals surface area contributed by atoms with Gasteiger partial charge in [0.15, 0.2) is 0 Å². The molecule has 4 rings (SSSR count). The summed E-state index contributed by atoms with van der Waals surface area (Å²) in [6.45, 7) is 2.13. The first-order chi connectivity index (χ1) is 12.1. The highest BCUT2D eigenvalue weighted by atomic mass is 35.5. The van der Waals surface area contributed by atoms with Gasteiger partial charge in [-0.15, -0.1) is 12.4 Å². The highest BCUT2D eigenvalue weighted by Gasteiger charge is 2.54. The summed E-state index contributed by atoms with van der Waals surface area (Å²) >= 11 is 6.00. The lowest BCUT2D eigenvalue weighted by atomic mass is 9.89. The van der Waals surface area contributed by atoms with Crippen LogP contribution in [0.15, 0.2) is 54.6 Å². The molecule has 0 bridgehead atoms. The van der Waals surface area contributed by atoms with E-state index in [1.165, 1.54) is 5.56 Å². The van der Waals surface area contributed by atoms with Crippen LogP contribution in [0.1, 0.15) is 29.9 Å². The molecule has 2 aliphatic rings. The Kier molecular flexibility index (Phi) is 5.61. The smallest absolute Gasteiger partial charge is 0.233 e. The highest BCUT2D eigenvalue weighted by molar-refractivity contribution is 6.30. The summed E-state index contributed by atoms with van der Waals surface area (Å²) in [4.78, 5) is 15.3. The van der Waals surface area contributed by atoms with Gasteiger partial charge in [-0.3, -0.25) is 4.79 Å². The number of hydrogen-bond donors (Lipinski definition) is 1. The van der Waals surface area contributed by atoms with Crippen LogP contribution in [0.4, 0.5) is 0 Å². The first-order valence-electron chi connectivity index (χ1n) is 8.94. The molecule has 2 aromatic rings. The monoisotopic (exact) mass is 390 g/mol. The number of nitrogens with two attached hydrogens (primary N) is 1. The Hall–Kier alpha value is -1.55. The molecule has 3 nitrogen and oxygen atoms in total. The average Bonchev–Trinajstić information content (AvgIpc) is 3.34. The van der Waals surface area contributed by atoms with Gasteiger partial charge in [0.2, 0.25) is 5.91 Å². The summed E-state index contributed by atoms with van der Waals surface area (Å²) in [6.07, 6.45) is 1.85. The Balaban J connectivity index is 0.00000196. The summed E-state index contributed by atoms with van der Waals surface area (Å²) in [5.41, 5.74) is 8.06. The molecule has 1 saturated heterocycles. The molecule has 2 aromatic carbocycles. The average molecular weight is 391 g/mol. The quantitative estimate of drug-likeness (QED) is 0.857. The van der Waals surface area contributed by atoms with Gasteiger partial charge in [0, 0.05) is 24.0 Å². The van der Waals surface area contributed by atoms with Crippen LogP contribution in [0, 0.1) is 5.92 Å². The first-order valence-corrected chi connectivity index (χ1v) is 9.32. The number of carbonyl (C=O) groups excluding carboxylic acids is 1. The van der Waals surface area contributed by atoms with Gasteiger partial charge in [-0.1, -0.05) is 54.1 Å². The second-order valence-corrected chi connectivity index (χ2v) is 7.75. The standard InChI is InChI=1S/C21H23ClN2O.ClH/c22-18-8-6-17(7-9-18)21(10-11-21)20(25)24-13-16(12-23)19(14-24)15-4-2-1-3-5-15;/h1-9,16,19H,10-14,23H2;1H/t16-,19+;/m1./s1. The molecule has 1 amide bonds. The second-order valence-electron chi connectivity index (χ2n) is 7.31. The molecule has 5 heteroatoms. The van der Waals surface area contributed by atoms with Crippen molar-refractivity contribution in [2.45, 2.75) is 24.2 Å². The number of hydrogen-bond acceptors (Lipinski definition) is 2. The van der Waals surface area contributed by atoms with Crippen LogP contribution in [-0.4, -0.2) is 30.4 Å². The van der Waals surface area contributed by atoms with Crippen molar-refractivity contribution in [1.29, 1.82) is 0 Å². The normalized spacial score (nSPS) is 23.4. The number of nitrogens with zero attached hydrogens (tertiary/aromatic N) is 1. The summed E-state index contributed by atoms with van der Waals surface area (Å²) in [5.74, 6) is 0.912. The molecular formula is C21H24Cl2N2O. The van der Waals surface area contributed by atoms with Crippen LogP contribution in [0.5, 0.6) is 0 Å². The maximum atomic E-state index is 13.3. The van der Waals surface area contributed by atoms with E-state index in [-0.39, 0.29) is 23.7 Å². The Morgan fingerprint density at radius 3 is 2.31 bits per heavy atom. The predicted octanol–water partition coefficient (Wildman–Crippen LogP) is 3.99. The Morgan fingerprint density at radius 1 is 1.08 bits per heavy atom. The predicted molar refractivity (Wildman–Crippen MR) is 108 cm³/mol. The molecule has 2 atom stereocenters. The van der Waals surface area contributed by atoms with Crippen molar-refractivity contribution in [3.63, 3.8) is 0 Å². The summed E-state index contributed by atoms with van der Waals surface area (Å²) in [6, 6.07) is 18.2. The van der Waals surface area contributed by atoms with E-state index in [0.29, 0.717) is 23.4 Å². The van der Waals surface area contributed by atoms with E-state index in [9.17, 15) is 4.79 Å². The van der Waals surface area contributed by atoms with Crippen LogP contribution < -0.4 is 5.73 Å². The van der Waals surface area contributed by atoms with E-state index in [1.54, 1.807) is 0 Å². The Morgan fingerprint density at radius 2 is 1.73 bits per heavy atom. The van der Waals surface area contributed by atoms with Crippen LogP contribution in [0.3, 0.4) is 0 Å². The lowest BCUT2D eigenvalue weighted by molar-refractivity contribution is -0.133. The van der Waals surface area contributed by atoms with Crippen molar-refractivity contribution in [3.05, 3.63) is 70.7 Å². The summed E-state index contributed by atoms with van der Waals surface area (Å²) < 4.78 is 0. The van der Waals surface area contributed by atoms with Crippen molar-refractivity contribution in [2.75, 3.05) is 19.6 Å². The molecule has 2 fully saturated rings. The van der Waals surface area contributed by atoms with Gasteiger partial charge in [-0.05, 0) is 48.6 Å².